The Bertz CT molecular complexity index is 835. The van der Waals surface area contributed by atoms with Gasteiger partial charge in [-0.2, -0.15) is 5.26 Å². The fourth-order valence-corrected chi connectivity index (χ4v) is 4.64. The van der Waals surface area contributed by atoms with Gasteiger partial charge in [0.15, 0.2) is 0 Å². The predicted molar refractivity (Wildman–Crippen MR) is 104 cm³/mol. The lowest BCUT2D eigenvalue weighted by molar-refractivity contribution is -0.154. The molecule has 0 spiro atoms. The Morgan fingerprint density at radius 3 is 2.39 bits per heavy atom. The summed E-state index contributed by atoms with van der Waals surface area (Å²) in [7, 11) is 0. The predicted octanol–water partition coefficient (Wildman–Crippen LogP) is 2.32. The maximum atomic E-state index is 12.6. The van der Waals surface area contributed by atoms with Crippen molar-refractivity contribution in [1.82, 2.24) is 4.90 Å². The van der Waals surface area contributed by atoms with E-state index in [0.29, 0.717) is 0 Å². The molecule has 2 saturated carbocycles. The van der Waals surface area contributed by atoms with Crippen molar-refractivity contribution in [2.45, 2.75) is 68.5 Å². The smallest absolute Gasteiger partial charge is 0.227 e. The molecule has 0 bridgehead atoms. The van der Waals surface area contributed by atoms with Crippen LogP contribution in [0.3, 0.4) is 0 Å². The molecule has 1 heterocycles. The number of benzene rings is 1. The number of amides is 1. The van der Waals surface area contributed by atoms with Crippen molar-refractivity contribution in [3.05, 3.63) is 35.4 Å². The molecule has 146 valence electrons. The number of likely N-dealkylation sites (tertiary alicyclic amines) is 1. The summed E-state index contributed by atoms with van der Waals surface area (Å²) in [6.07, 6.45) is 6.32. The molecular formula is C23H26N2O3. The summed E-state index contributed by atoms with van der Waals surface area (Å²) in [6.45, 7) is -0.143. The zero-order chi connectivity index (χ0) is 19.7. The largest absolute Gasteiger partial charge is 0.394 e. The van der Waals surface area contributed by atoms with E-state index in [4.69, 9.17) is 0 Å². The molecule has 3 fully saturated rings. The lowest BCUT2D eigenvalue weighted by atomic mass is 9.73. The van der Waals surface area contributed by atoms with Gasteiger partial charge in [-0.15, -0.1) is 0 Å². The first-order valence-electron chi connectivity index (χ1n) is 10.2. The fraction of sp³-hybridized carbons (Fsp3) is 0.565. The Hall–Kier alpha value is -2.34. The average Bonchev–Trinajstić information content (AvgIpc) is 3.06. The van der Waals surface area contributed by atoms with Crippen molar-refractivity contribution >= 4 is 5.91 Å². The molecular weight excluding hydrogens is 352 g/mol. The first-order chi connectivity index (χ1) is 13.6. The molecule has 1 aliphatic heterocycles. The van der Waals surface area contributed by atoms with Gasteiger partial charge in [-0.3, -0.25) is 4.79 Å². The molecule has 4 rings (SSSR count). The highest BCUT2D eigenvalue weighted by atomic mass is 16.3. The minimum Gasteiger partial charge on any atom is -0.394 e. The number of carbonyl (C=O) groups excluding carboxylic acids is 1. The molecule has 0 radical (unpaired) electrons. The molecule has 1 saturated heterocycles. The molecule has 5 heteroatoms. The van der Waals surface area contributed by atoms with Crippen molar-refractivity contribution in [3.63, 3.8) is 0 Å². The molecule has 0 unspecified atom stereocenters. The summed E-state index contributed by atoms with van der Waals surface area (Å²) in [5.74, 6) is 5.91. The van der Waals surface area contributed by atoms with Gasteiger partial charge in [0.2, 0.25) is 5.91 Å². The van der Waals surface area contributed by atoms with Crippen LogP contribution in [0.5, 0.6) is 0 Å². The molecule has 0 aromatic heterocycles. The summed E-state index contributed by atoms with van der Waals surface area (Å²) in [6, 6.07) is 9.02. The first-order valence-corrected chi connectivity index (χ1v) is 10.2. The highest BCUT2D eigenvalue weighted by molar-refractivity contribution is 5.82. The summed E-state index contributed by atoms with van der Waals surface area (Å²) >= 11 is 0. The number of carbonyl (C=O) groups is 1. The maximum Gasteiger partial charge on any atom is 0.227 e. The second-order valence-electron chi connectivity index (χ2n) is 8.33. The number of nitriles is 1. The summed E-state index contributed by atoms with van der Waals surface area (Å²) in [5, 5.41) is 29.8. The Kier molecular flexibility index (Phi) is 5.15. The molecule has 3 aliphatic rings. The summed E-state index contributed by atoms with van der Waals surface area (Å²) in [4.78, 5) is 14.2. The number of nitrogens with zero attached hydrogens (tertiary/aromatic N) is 2. The maximum absolute atomic E-state index is 12.6. The van der Waals surface area contributed by atoms with E-state index in [1.807, 2.05) is 24.3 Å². The number of hydrogen-bond donors (Lipinski definition) is 2. The second kappa shape index (κ2) is 7.59. The van der Waals surface area contributed by atoms with Crippen LogP contribution < -0.4 is 0 Å². The Morgan fingerprint density at radius 2 is 1.86 bits per heavy atom. The van der Waals surface area contributed by atoms with Crippen LogP contribution in [0.25, 0.3) is 0 Å². The number of hydrogen-bond acceptors (Lipinski definition) is 4. The third-order valence-corrected chi connectivity index (χ3v) is 6.61. The van der Waals surface area contributed by atoms with Crippen LogP contribution in [-0.4, -0.2) is 45.3 Å². The van der Waals surface area contributed by atoms with E-state index in [2.05, 4.69) is 17.9 Å². The standard InChI is InChI=1S/C23H26N2O3/c24-14-19-21(20(15-26)25(19)22(27)18-4-3-5-18)17-8-6-16(7-9-17)10-13-23(28)11-1-2-12-23/h6-9,18-21,26,28H,1-5,11-12,15H2/t19-,20+,21+/m0/s1. The third kappa shape index (κ3) is 3.30. The fourth-order valence-electron chi connectivity index (χ4n) is 4.64. The third-order valence-electron chi connectivity index (χ3n) is 6.61. The van der Waals surface area contributed by atoms with Crippen LogP contribution in [0.4, 0.5) is 0 Å². The van der Waals surface area contributed by atoms with Gasteiger partial charge in [0.25, 0.3) is 0 Å². The van der Waals surface area contributed by atoms with Crippen LogP contribution in [0.1, 0.15) is 62.0 Å². The Labute approximate surface area is 166 Å². The summed E-state index contributed by atoms with van der Waals surface area (Å²) < 4.78 is 0. The minimum atomic E-state index is -0.858. The van der Waals surface area contributed by atoms with Gasteiger partial charge in [-0.05, 0) is 56.2 Å². The van der Waals surface area contributed by atoms with Crippen molar-refractivity contribution in [2.24, 2.45) is 5.92 Å². The molecule has 28 heavy (non-hydrogen) atoms. The van der Waals surface area contributed by atoms with Gasteiger partial charge < -0.3 is 15.1 Å². The number of rotatable bonds is 3. The van der Waals surface area contributed by atoms with E-state index < -0.39 is 11.6 Å². The molecule has 2 N–H and O–H groups in total. The van der Waals surface area contributed by atoms with E-state index in [-0.39, 0.29) is 30.4 Å². The van der Waals surface area contributed by atoms with Crippen LogP contribution in [0.15, 0.2) is 24.3 Å². The van der Waals surface area contributed by atoms with Crippen molar-refractivity contribution < 1.29 is 15.0 Å². The van der Waals surface area contributed by atoms with E-state index in [0.717, 1.165) is 56.1 Å². The zero-order valence-corrected chi connectivity index (χ0v) is 16.0. The van der Waals surface area contributed by atoms with E-state index in [9.17, 15) is 20.3 Å². The van der Waals surface area contributed by atoms with E-state index >= 15 is 0 Å². The lowest BCUT2D eigenvalue weighted by Gasteiger charge is -2.53. The number of aliphatic hydroxyl groups excluding tert-OH is 1. The van der Waals surface area contributed by atoms with Gasteiger partial charge in [-0.1, -0.05) is 30.4 Å². The van der Waals surface area contributed by atoms with Crippen LogP contribution in [0.2, 0.25) is 0 Å². The van der Waals surface area contributed by atoms with E-state index in [1.165, 1.54) is 0 Å². The van der Waals surface area contributed by atoms with Gasteiger partial charge in [0, 0.05) is 17.4 Å². The average molecular weight is 378 g/mol. The van der Waals surface area contributed by atoms with Gasteiger partial charge >= 0.3 is 0 Å². The van der Waals surface area contributed by atoms with Crippen LogP contribution in [0, 0.1) is 29.1 Å². The van der Waals surface area contributed by atoms with Crippen molar-refractivity contribution in [1.29, 1.82) is 5.26 Å². The number of aliphatic hydroxyl groups is 2. The van der Waals surface area contributed by atoms with Gasteiger partial charge in [-0.25, -0.2) is 0 Å². The highest BCUT2D eigenvalue weighted by Crippen LogP contribution is 2.43. The minimum absolute atomic E-state index is 0.0143. The lowest BCUT2D eigenvalue weighted by Crippen LogP contribution is -2.66. The van der Waals surface area contributed by atoms with Crippen LogP contribution >= 0.6 is 0 Å². The van der Waals surface area contributed by atoms with Crippen molar-refractivity contribution in [2.75, 3.05) is 6.61 Å². The molecule has 2 aliphatic carbocycles. The topological polar surface area (TPSA) is 84.6 Å². The first kappa shape index (κ1) is 19.0. The Morgan fingerprint density at radius 1 is 1.18 bits per heavy atom. The summed E-state index contributed by atoms with van der Waals surface area (Å²) in [5.41, 5.74) is 0.899. The molecule has 1 aromatic carbocycles. The molecule has 1 aromatic rings. The highest BCUT2D eigenvalue weighted by Gasteiger charge is 2.53. The van der Waals surface area contributed by atoms with Crippen LogP contribution in [-0.2, 0) is 4.79 Å². The molecule has 5 nitrogen and oxygen atoms in total. The SMILES string of the molecule is N#C[C@H]1[C@@H](c2ccc(C#CC3(O)CCCC3)cc2)[C@@H](CO)N1C(=O)C1CCC1. The van der Waals surface area contributed by atoms with E-state index in [1.54, 1.807) is 4.90 Å². The second-order valence-corrected chi connectivity index (χ2v) is 8.33. The normalized spacial score (nSPS) is 28.5. The van der Waals surface area contributed by atoms with Crippen molar-refractivity contribution in [3.8, 4) is 17.9 Å². The van der Waals surface area contributed by atoms with Gasteiger partial charge in [0.1, 0.15) is 11.6 Å². The zero-order valence-electron chi connectivity index (χ0n) is 16.0. The monoisotopic (exact) mass is 378 g/mol. The molecule has 3 atom stereocenters. The Balaban J connectivity index is 1.49. The molecule has 1 amide bonds. The van der Waals surface area contributed by atoms with Gasteiger partial charge in [0.05, 0.1) is 18.7 Å². The quantitative estimate of drug-likeness (QED) is 0.791.